The zero-order valence-electron chi connectivity index (χ0n) is 13.4. The van der Waals surface area contributed by atoms with E-state index < -0.39 is 30.1 Å². The first-order chi connectivity index (χ1) is 11.3. The molecular weight excluding hydrogens is 317 g/mol. The van der Waals surface area contributed by atoms with Crippen molar-refractivity contribution < 1.29 is 28.2 Å². The monoisotopic (exact) mass is 333 g/mol. The van der Waals surface area contributed by atoms with E-state index in [0.717, 1.165) is 6.07 Å². The molecule has 1 heterocycles. The molecule has 0 saturated heterocycles. The molecule has 24 heavy (non-hydrogen) atoms. The van der Waals surface area contributed by atoms with Gasteiger partial charge in [0.2, 0.25) is 0 Å². The maximum Gasteiger partial charge on any atom is 0.355 e. The highest BCUT2D eigenvalue weighted by Gasteiger charge is 2.24. The zero-order chi connectivity index (χ0) is 17.9. The number of ether oxygens (including phenoxy) is 2. The summed E-state index contributed by atoms with van der Waals surface area (Å²) in [7, 11) is 1.24. The molecule has 0 aliphatic heterocycles. The van der Waals surface area contributed by atoms with E-state index in [9.17, 15) is 18.8 Å². The fourth-order valence-corrected chi connectivity index (χ4v) is 2.31. The molecule has 6 nitrogen and oxygen atoms in total. The SMILES string of the molecule is COC(=O)c1c(C)[nH]c(C(=O)OCC(=O)c2cccc(F)c2)c1C. The maximum atomic E-state index is 13.1. The van der Waals surface area contributed by atoms with Gasteiger partial charge >= 0.3 is 11.9 Å². The summed E-state index contributed by atoms with van der Waals surface area (Å²) in [6.45, 7) is 2.65. The van der Waals surface area contributed by atoms with Crippen LogP contribution in [-0.4, -0.2) is 36.4 Å². The fourth-order valence-electron chi connectivity index (χ4n) is 2.31. The molecule has 0 atom stereocenters. The minimum absolute atomic E-state index is 0.0694. The van der Waals surface area contributed by atoms with E-state index in [1.54, 1.807) is 13.8 Å². The number of carbonyl (C=O) groups is 3. The molecule has 1 N–H and O–H groups in total. The van der Waals surface area contributed by atoms with Crippen molar-refractivity contribution in [1.29, 1.82) is 0 Å². The minimum Gasteiger partial charge on any atom is -0.465 e. The van der Waals surface area contributed by atoms with Crippen LogP contribution < -0.4 is 0 Å². The topological polar surface area (TPSA) is 85.5 Å². The van der Waals surface area contributed by atoms with Crippen LogP contribution in [-0.2, 0) is 9.47 Å². The third kappa shape index (κ3) is 3.51. The highest BCUT2D eigenvalue weighted by atomic mass is 19.1. The van der Waals surface area contributed by atoms with Gasteiger partial charge in [-0.25, -0.2) is 14.0 Å². The Morgan fingerprint density at radius 1 is 1.17 bits per heavy atom. The molecule has 1 aromatic heterocycles. The molecule has 0 radical (unpaired) electrons. The van der Waals surface area contributed by atoms with Crippen LogP contribution in [0.4, 0.5) is 4.39 Å². The Bertz CT molecular complexity index is 809. The van der Waals surface area contributed by atoms with Crippen LogP contribution in [0.1, 0.15) is 42.5 Å². The lowest BCUT2D eigenvalue weighted by atomic mass is 10.1. The highest BCUT2D eigenvalue weighted by Crippen LogP contribution is 2.19. The summed E-state index contributed by atoms with van der Waals surface area (Å²) in [6.07, 6.45) is 0. The van der Waals surface area contributed by atoms with E-state index in [1.807, 2.05) is 0 Å². The number of methoxy groups -OCH3 is 1. The Balaban J connectivity index is 2.11. The molecule has 2 rings (SSSR count). The zero-order valence-corrected chi connectivity index (χ0v) is 13.4. The third-order valence-corrected chi connectivity index (χ3v) is 3.51. The van der Waals surface area contributed by atoms with Gasteiger partial charge in [-0.2, -0.15) is 0 Å². The van der Waals surface area contributed by atoms with Crippen LogP contribution in [0.2, 0.25) is 0 Å². The van der Waals surface area contributed by atoms with E-state index in [2.05, 4.69) is 9.72 Å². The average Bonchev–Trinajstić information content (AvgIpc) is 2.86. The Kier molecular flexibility index (Phi) is 5.13. The lowest BCUT2D eigenvalue weighted by Crippen LogP contribution is -2.15. The van der Waals surface area contributed by atoms with Crippen molar-refractivity contribution in [1.82, 2.24) is 4.98 Å². The van der Waals surface area contributed by atoms with Crippen LogP contribution in [0.15, 0.2) is 24.3 Å². The number of hydrogen-bond donors (Lipinski definition) is 1. The van der Waals surface area contributed by atoms with Crippen LogP contribution in [0.25, 0.3) is 0 Å². The van der Waals surface area contributed by atoms with Gasteiger partial charge in [0.25, 0.3) is 0 Å². The van der Waals surface area contributed by atoms with Gasteiger partial charge in [0.15, 0.2) is 12.4 Å². The Labute approximate surface area is 137 Å². The first kappa shape index (κ1) is 17.4. The molecule has 0 fully saturated rings. The number of ketones is 1. The second kappa shape index (κ2) is 7.08. The number of aromatic nitrogens is 1. The molecule has 0 unspecified atom stereocenters. The Hall–Kier alpha value is -2.96. The normalized spacial score (nSPS) is 10.3. The van der Waals surface area contributed by atoms with Crippen LogP contribution in [0, 0.1) is 19.7 Å². The molecule has 7 heteroatoms. The average molecular weight is 333 g/mol. The lowest BCUT2D eigenvalue weighted by Gasteiger charge is -2.04. The molecule has 0 aliphatic carbocycles. The summed E-state index contributed by atoms with van der Waals surface area (Å²) in [5, 5.41) is 0. The number of carbonyl (C=O) groups excluding carboxylic acids is 3. The quantitative estimate of drug-likeness (QED) is 0.671. The predicted octanol–water partition coefficient (Wildman–Crippen LogP) is 2.60. The van der Waals surface area contributed by atoms with Crippen LogP contribution in [0.3, 0.4) is 0 Å². The molecule has 0 amide bonds. The van der Waals surface area contributed by atoms with Gasteiger partial charge in [0, 0.05) is 11.3 Å². The van der Waals surface area contributed by atoms with Gasteiger partial charge < -0.3 is 14.5 Å². The number of nitrogens with one attached hydrogen (secondary N) is 1. The van der Waals surface area contributed by atoms with Crippen molar-refractivity contribution in [3.05, 3.63) is 58.2 Å². The van der Waals surface area contributed by atoms with Gasteiger partial charge in [0.05, 0.1) is 12.7 Å². The second-order valence-electron chi connectivity index (χ2n) is 5.13. The third-order valence-electron chi connectivity index (χ3n) is 3.51. The van der Waals surface area contributed by atoms with Crippen molar-refractivity contribution in [2.75, 3.05) is 13.7 Å². The van der Waals surface area contributed by atoms with Gasteiger partial charge in [0.1, 0.15) is 11.5 Å². The largest absolute Gasteiger partial charge is 0.465 e. The van der Waals surface area contributed by atoms with E-state index in [1.165, 1.54) is 25.3 Å². The number of rotatable bonds is 5. The van der Waals surface area contributed by atoms with E-state index >= 15 is 0 Å². The predicted molar refractivity (Wildman–Crippen MR) is 82.6 cm³/mol. The van der Waals surface area contributed by atoms with E-state index in [-0.39, 0.29) is 16.8 Å². The Morgan fingerprint density at radius 3 is 2.50 bits per heavy atom. The number of esters is 2. The molecule has 2 aromatic rings. The smallest absolute Gasteiger partial charge is 0.355 e. The summed E-state index contributed by atoms with van der Waals surface area (Å²) < 4.78 is 22.7. The van der Waals surface area contributed by atoms with Crippen molar-refractivity contribution in [3.63, 3.8) is 0 Å². The summed E-state index contributed by atoms with van der Waals surface area (Å²) in [6, 6.07) is 5.10. The standard InChI is InChI=1S/C17H16FNO5/c1-9-14(16(21)23-3)10(2)19-15(9)17(22)24-8-13(20)11-5-4-6-12(18)7-11/h4-7,19H,8H2,1-3H3. The number of hydrogen-bond acceptors (Lipinski definition) is 5. The summed E-state index contributed by atoms with van der Waals surface area (Å²) in [5.74, 6) is -2.44. The highest BCUT2D eigenvalue weighted by molar-refractivity contribution is 6.01. The fraction of sp³-hybridized carbons (Fsp3) is 0.235. The van der Waals surface area contributed by atoms with Gasteiger partial charge in [-0.1, -0.05) is 12.1 Å². The van der Waals surface area contributed by atoms with Gasteiger partial charge in [-0.15, -0.1) is 0 Å². The number of H-pyrrole nitrogens is 1. The summed E-state index contributed by atoms with van der Waals surface area (Å²) in [4.78, 5) is 38.5. The molecular formula is C17H16FNO5. The molecule has 0 spiro atoms. The first-order valence-corrected chi connectivity index (χ1v) is 7.08. The molecule has 0 aliphatic rings. The Morgan fingerprint density at radius 2 is 1.88 bits per heavy atom. The molecule has 1 aromatic carbocycles. The van der Waals surface area contributed by atoms with Crippen LogP contribution >= 0.6 is 0 Å². The number of halogens is 1. The van der Waals surface area contributed by atoms with Gasteiger partial charge in [-0.3, -0.25) is 4.79 Å². The van der Waals surface area contributed by atoms with E-state index in [0.29, 0.717) is 11.3 Å². The number of aryl methyl sites for hydroxylation is 1. The summed E-state index contributed by atoms with van der Waals surface area (Å²) >= 11 is 0. The molecule has 126 valence electrons. The van der Waals surface area contributed by atoms with Crippen molar-refractivity contribution in [3.8, 4) is 0 Å². The summed E-state index contributed by atoms with van der Waals surface area (Å²) in [5.41, 5.74) is 1.27. The molecule has 0 saturated carbocycles. The number of Topliss-reactive ketones (excluding diaryl/α,β-unsaturated/α-hetero) is 1. The maximum absolute atomic E-state index is 13.1. The lowest BCUT2D eigenvalue weighted by molar-refractivity contribution is 0.0468. The van der Waals surface area contributed by atoms with Crippen molar-refractivity contribution in [2.45, 2.75) is 13.8 Å². The van der Waals surface area contributed by atoms with Gasteiger partial charge in [-0.05, 0) is 31.5 Å². The van der Waals surface area contributed by atoms with Crippen molar-refractivity contribution in [2.24, 2.45) is 0 Å². The number of benzene rings is 1. The van der Waals surface area contributed by atoms with Crippen molar-refractivity contribution >= 4 is 17.7 Å². The number of aromatic amines is 1. The first-order valence-electron chi connectivity index (χ1n) is 7.08. The minimum atomic E-state index is -0.782. The second-order valence-corrected chi connectivity index (χ2v) is 5.13. The molecule has 0 bridgehead atoms. The van der Waals surface area contributed by atoms with Crippen LogP contribution in [0.5, 0.6) is 0 Å². The van der Waals surface area contributed by atoms with E-state index in [4.69, 9.17) is 4.74 Å².